The third-order valence-electron chi connectivity index (χ3n) is 4.95. The van der Waals surface area contributed by atoms with Crippen molar-refractivity contribution in [2.24, 2.45) is 0 Å². The molecular formula is C22H30N3O7P. The van der Waals surface area contributed by atoms with Gasteiger partial charge in [0.2, 0.25) is 0 Å². The average molecular weight is 479 g/mol. The zero-order valence-corrected chi connectivity index (χ0v) is 19.7. The van der Waals surface area contributed by atoms with E-state index in [0.29, 0.717) is 25.2 Å². The van der Waals surface area contributed by atoms with Crippen LogP contribution in [0.1, 0.15) is 45.8 Å². The number of rotatable bonds is 12. The first-order valence-corrected chi connectivity index (χ1v) is 12.2. The Morgan fingerprint density at radius 3 is 2.79 bits per heavy atom. The fourth-order valence-corrected chi connectivity index (χ4v) is 4.36. The van der Waals surface area contributed by atoms with Crippen molar-refractivity contribution >= 4 is 14.5 Å². The number of carbonyl (C=O) groups excluding carboxylic acids is 1. The summed E-state index contributed by atoms with van der Waals surface area (Å²) in [7, 11) is -1.67. The Morgan fingerprint density at radius 2 is 2.06 bits per heavy atom. The molecule has 0 saturated carbocycles. The number of nitrogens with zero attached hydrogens (tertiary/aromatic N) is 1. The lowest BCUT2D eigenvalue weighted by Crippen LogP contribution is -2.34. The van der Waals surface area contributed by atoms with E-state index in [1.54, 1.807) is 19.1 Å². The topological polar surface area (TPSA) is 121 Å². The van der Waals surface area contributed by atoms with Crippen LogP contribution in [0.15, 0.2) is 52.2 Å². The summed E-state index contributed by atoms with van der Waals surface area (Å²) in [5.74, 6) is 0.235. The smallest absolute Gasteiger partial charge is 0.330 e. The molecule has 1 aliphatic heterocycles. The number of ether oxygens (including phenoxy) is 2. The molecule has 1 fully saturated rings. The van der Waals surface area contributed by atoms with Crippen molar-refractivity contribution in [2.75, 3.05) is 13.2 Å². The summed E-state index contributed by atoms with van der Waals surface area (Å²) in [5.41, 5.74) is -0.966. The monoisotopic (exact) mass is 479 g/mol. The Balaban J connectivity index is 1.57. The first-order valence-electron chi connectivity index (χ1n) is 11.0. The minimum atomic E-state index is -1.67. The molecule has 3 rings (SSSR count). The molecular weight excluding hydrogens is 449 g/mol. The molecule has 1 aromatic heterocycles. The normalized spacial score (nSPS) is 19.7. The maximum absolute atomic E-state index is 12.3. The Morgan fingerprint density at radius 1 is 1.27 bits per heavy atom. The first kappa shape index (κ1) is 25.1. The number of esters is 1. The molecule has 180 valence electrons. The molecule has 0 spiro atoms. The van der Waals surface area contributed by atoms with Crippen LogP contribution in [0.3, 0.4) is 0 Å². The van der Waals surface area contributed by atoms with Gasteiger partial charge in [-0.05, 0) is 38.3 Å². The van der Waals surface area contributed by atoms with Gasteiger partial charge in [-0.15, -0.1) is 0 Å². The Kier molecular flexibility index (Phi) is 9.62. The predicted octanol–water partition coefficient (Wildman–Crippen LogP) is 2.86. The van der Waals surface area contributed by atoms with Gasteiger partial charge in [-0.3, -0.25) is 19.1 Å². The van der Waals surface area contributed by atoms with Gasteiger partial charge in [0.15, 0.2) is 0 Å². The van der Waals surface area contributed by atoms with E-state index in [0.717, 1.165) is 12.8 Å². The highest BCUT2D eigenvalue weighted by atomic mass is 31.2. The van der Waals surface area contributed by atoms with Crippen molar-refractivity contribution in [1.29, 1.82) is 0 Å². The number of nitrogens with one attached hydrogen (secondary N) is 2. The molecule has 0 unspecified atom stereocenters. The summed E-state index contributed by atoms with van der Waals surface area (Å²) in [6.07, 6.45) is 3.69. The van der Waals surface area contributed by atoms with Crippen molar-refractivity contribution in [2.45, 2.75) is 57.9 Å². The Labute approximate surface area is 193 Å². The van der Waals surface area contributed by atoms with E-state index in [2.05, 4.69) is 10.1 Å². The van der Waals surface area contributed by atoms with E-state index < -0.39 is 32.0 Å². The molecule has 1 aliphatic rings. The number of para-hydroxylation sites is 1. The molecule has 0 radical (unpaired) electrons. The maximum atomic E-state index is 12.3. The van der Waals surface area contributed by atoms with Gasteiger partial charge in [0, 0.05) is 12.3 Å². The third kappa shape index (κ3) is 7.78. The molecule has 0 amide bonds. The summed E-state index contributed by atoms with van der Waals surface area (Å²) < 4.78 is 24.5. The van der Waals surface area contributed by atoms with E-state index >= 15 is 0 Å². The molecule has 4 atom stereocenters. The molecule has 10 nitrogen and oxygen atoms in total. The summed E-state index contributed by atoms with van der Waals surface area (Å²) in [5, 5.41) is 3.07. The van der Waals surface area contributed by atoms with Crippen molar-refractivity contribution in [3.05, 3.63) is 63.4 Å². The van der Waals surface area contributed by atoms with Crippen LogP contribution in [0, 0.1) is 0 Å². The number of aromatic amines is 1. The molecule has 0 aliphatic carbocycles. The van der Waals surface area contributed by atoms with Crippen LogP contribution in [0.25, 0.3) is 0 Å². The molecule has 11 heteroatoms. The molecule has 2 N–H and O–H groups in total. The summed E-state index contributed by atoms with van der Waals surface area (Å²) in [4.78, 5) is 37.8. The molecule has 0 bridgehead atoms. The fourth-order valence-electron chi connectivity index (χ4n) is 3.14. The highest BCUT2D eigenvalue weighted by molar-refractivity contribution is 7.45. The van der Waals surface area contributed by atoms with Gasteiger partial charge in [0.05, 0.1) is 19.3 Å². The number of carbonyl (C=O) groups is 1. The predicted molar refractivity (Wildman–Crippen MR) is 123 cm³/mol. The molecule has 1 aromatic carbocycles. The van der Waals surface area contributed by atoms with Gasteiger partial charge < -0.3 is 18.5 Å². The van der Waals surface area contributed by atoms with Crippen LogP contribution in [-0.4, -0.2) is 40.9 Å². The van der Waals surface area contributed by atoms with E-state index in [-0.39, 0.29) is 18.7 Å². The zero-order valence-electron chi connectivity index (χ0n) is 18.8. The second kappa shape index (κ2) is 12.6. The first-order chi connectivity index (χ1) is 16.0. The number of hydrogen-bond donors (Lipinski definition) is 2. The highest BCUT2D eigenvalue weighted by Gasteiger charge is 2.30. The third-order valence-corrected chi connectivity index (χ3v) is 6.31. The summed E-state index contributed by atoms with van der Waals surface area (Å²) >= 11 is 0. The Hall–Kier alpha value is -2.52. The summed E-state index contributed by atoms with van der Waals surface area (Å²) in [6.45, 7) is 4.31. The SMILES string of the molecule is CCCCOC(=O)[C@H](C)N[P@](OC[C@@H]1CC[C@H](n2ccc(=O)[nH]c2=O)O1)Oc1ccccc1. The van der Waals surface area contributed by atoms with Crippen LogP contribution < -0.4 is 20.9 Å². The highest BCUT2D eigenvalue weighted by Crippen LogP contribution is 2.38. The van der Waals surface area contributed by atoms with Crippen molar-refractivity contribution < 1.29 is 23.3 Å². The number of benzene rings is 1. The molecule has 2 heterocycles. The average Bonchev–Trinajstić information content (AvgIpc) is 3.27. The fraction of sp³-hybridized carbons (Fsp3) is 0.500. The standard InChI is InChI=1S/C22H30N3O7P/c1-3-4-14-29-21(27)16(2)24-33(32-17-8-6-5-7-9-17)30-15-18-10-11-20(31-18)25-13-12-19(26)23-22(25)28/h5-9,12-13,16,18,20,24H,3-4,10-11,14-15H2,1-2H3,(H,23,26,28)/t16-,18-,20+,33+/m0/s1. The lowest BCUT2D eigenvalue weighted by molar-refractivity contribution is -0.145. The quantitative estimate of drug-likeness (QED) is 0.271. The van der Waals surface area contributed by atoms with E-state index in [1.807, 2.05) is 25.1 Å². The molecule has 1 saturated heterocycles. The van der Waals surface area contributed by atoms with Gasteiger partial charge in [-0.2, -0.15) is 0 Å². The second-order valence-electron chi connectivity index (χ2n) is 7.64. The van der Waals surface area contributed by atoms with Gasteiger partial charge >= 0.3 is 20.2 Å². The summed E-state index contributed by atoms with van der Waals surface area (Å²) in [6, 6.07) is 9.84. The number of unbranched alkanes of at least 4 members (excludes halogenated alkanes) is 1. The minimum Gasteiger partial charge on any atom is -0.465 e. The molecule has 2 aromatic rings. The van der Waals surface area contributed by atoms with Gasteiger partial charge in [0.25, 0.3) is 5.56 Å². The van der Waals surface area contributed by atoms with Gasteiger partial charge in [-0.25, -0.2) is 9.88 Å². The zero-order chi connectivity index (χ0) is 23.6. The number of aromatic nitrogens is 2. The van der Waals surface area contributed by atoms with Gasteiger partial charge in [0.1, 0.15) is 18.0 Å². The van der Waals surface area contributed by atoms with Crippen LogP contribution in [0.5, 0.6) is 5.75 Å². The van der Waals surface area contributed by atoms with Crippen LogP contribution in [0.2, 0.25) is 0 Å². The van der Waals surface area contributed by atoms with Crippen LogP contribution in [0.4, 0.5) is 0 Å². The van der Waals surface area contributed by atoms with Crippen molar-refractivity contribution in [3.8, 4) is 5.75 Å². The number of H-pyrrole nitrogens is 1. The Bertz CT molecular complexity index is 997. The maximum Gasteiger partial charge on any atom is 0.330 e. The number of hydrogen-bond acceptors (Lipinski definition) is 8. The van der Waals surface area contributed by atoms with Crippen LogP contribution >= 0.6 is 8.53 Å². The second-order valence-corrected chi connectivity index (χ2v) is 8.85. The minimum absolute atomic E-state index is 0.206. The largest absolute Gasteiger partial charge is 0.465 e. The lowest BCUT2D eigenvalue weighted by Gasteiger charge is -2.23. The van der Waals surface area contributed by atoms with E-state index in [1.165, 1.54) is 16.8 Å². The van der Waals surface area contributed by atoms with Crippen LogP contribution in [-0.2, 0) is 18.8 Å². The van der Waals surface area contributed by atoms with Crippen molar-refractivity contribution in [1.82, 2.24) is 14.6 Å². The van der Waals surface area contributed by atoms with E-state index in [4.69, 9.17) is 18.5 Å². The van der Waals surface area contributed by atoms with Gasteiger partial charge in [-0.1, -0.05) is 31.5 Å². The van der Waals surface area contributed by atoms with Crippen molar-refractivity contribution in [3.63, 3.8) is 0 Å². The molecule has 33 heavy (non-hydrogen) atoms. The van der Waals surface area contributed by atoms with E-state index in [9.17, 15) is 14.4 Å². The lowest BCUT2D eigenvalue weighted by atomic mass is 10.2.